The highest BCUT2D eigenvalue weighted by molar-refractivity contribution is 7.46. The Labute approximate surface area is 328 Å². The zero-order valence-corrected chi connectivity index (χ0v) is 34.5. The van der Waals surface area contributed by atoms with E-state index in [-0.39, 0.29) is 19.4 Å². The number of hydrogen-bond acceptors (Lipinski definition) is 6. The number of unbranched alkanes of at least 4 members (excludes halogenated alkanes) is 10. The highest BCUT2D eigenvalue weighted by atomic mass is 31.2. The van der Waals surface area contributed by atoms with Crippen molar-refractivity contribution in [3.63, 3.8) is 0 Å². The molecule has 8 nitrogen and oxygen atoms in total. The van der Waals surface area contributed by atoms with Crippen molar-refractivity contribution in [3.8, 4) is 0 Å². The molecule has 0 bridgehead atoms. The van der Waals surface area contributed by atoms with E-state index in [4.69, 9.17) is 19.3 Å². The molecule has 0 radical (unpaired) electrons. The highest BCUT2D eigenvalue weighted by Gasteiger charge is 2.22. The number of ether oxygens (including phenoxy) is 2. The van der Waals surface area contributed by atoms with Gasteiger partial charge in [-0.25, -0.2) is 4.57 Å². The molecule has 306 valence electrons. The summed E-state index contributed by atoms with van der Waals surface area (Å²) in [6.45, 7) is 3.54. The van der Waals surface area contributed by atoms with Crippen LogP contribution in [0.4, 0.5) is 0 Å². The van der Waals surface area contributed by atoms with Crippen molar-refractivity contribution in [1.29, 1.82) is 0 Å². The van der Waals surface area contributed by atoms with Crippen LogP contribution in [-0.4, -0.2) is 41.0 Å². The molecule has 0 aromatic heterocycles. The summed E-state index contributed by atoms with van der Waals surface area (Å²) in [4.78, 5) is 42.8. The lowest BCUT2D eigenvalue weighted by molar-refractivity contribution is -0.161. The summed E-state index contributed by atoms with van der Waals surface area (Å²) in [5.74, 6) is -0.997. The normalized spacial score (nSPS) is 13.5. The summed E-state index contributed by atoms with van der Waals surface area (Å²) in [5.41, 5.74) is 0. The fourth-order valence-electron chi connectivity index (χ4n) is 4.99. The van der Waals surface area contributed by atoms with Gasteiger partial charge in [-0.3, -0.25) is 14.1 Å². The van der Waals surface area contributed by atoms with Crippen LogP contribution in [0.15, 0.2) is 97.2 Å². The minimum absolute atomic E-state index is 0.157. The molecule has 0 saturated heterocycles. The van der Waals surface area contributed by atoms with Gasteiger partial charge in [0, 0.05) is 12.8 Å². The molecule has 0 aliphatic heterocycles. The van der Waals surface area contributed by atoms with Gasteiger partial charge in [-0.2, -0.15) is 0 Å². The molecule has 54 heavy (non-hydrogen) atoms. The zero-order chi connectivity index (χ0) is 39.6. The summed E-state index contributed by atoms with van der Waals surface area (Å²) < 4.78 is 26.3. The van der Waals surface area contributed by atoms with Crippen LogP contribution in [0.1, 0.15) is 155 Å². The maximum Gasteiger partial charge on any atom is 0.469 e. The van der Waals surface area contributed by atoms with E-state index in [0.717, 1.165) is 64.2 Å². The predicted molar refractivity (Wildman–Crippen MR) is 225 cm³/mol. The smallest absolute Gasteiger partial charge is 0.462 e. The van der Waals surface area contributed by atoms with Crippen molar-refractivity contribution in [3.05, 3.63) is 97.2 Å². The lowest BCUT2D eigenvalue weighted by atomic mass is 10.1. The third-order valence-electron chi connectivity index (χ3n) is 8.08. The summed E-state index contributed by atoms with van der Waals surface area (Å²) in [6.07, 6.45) is 54.1. The topological polar surface area (TPSA) is 119 Å². The Morgan fingerprint density at radius 3 is 1.26 bits per heavy atom. The predicted octanol–water partition coefficient (Wildman–Crippen LogP) is 12.6. The van der Waals surface area contributed by atoms with Crippen molar-refractivity contribution in [1.82, 2.24) is 0 Å². The van der Waals surface area contributed by atoms with Crippen molar-refractivity contribution >= 4 is 19.8 Å². The van der Waals surface area contributed by atoms with Crippen LogP contribution < -0.4 is 0 Å². The summed E-state index contributed by atoms with van der Waals surface area (Å²) in [5, 5.41) is 0. The Hall–Kier alpha value is -3.03. The molecule has 0 aromatic rings. The van der Waals surface area contributed by atoms with Crippen molar-refractivity contribution in [2.45, 2.75) is 161 Å². The van der Waals surface area contributed by atoms with Gasteiger partial charge in [0.25, 0.3) is 0 Å². The van der Waals surface area contributed by atoms with Gasteiger partial charge in [-0.05, 0) is 96.3 Å². The van der Waals surface area contributed by atoms with E-state index in [1.165, 1.54) is 51.4 Å². The standard InChI is InChI=1S/C45H73O8P/c1-3-5-7-9-11-13-15-17-19-21-22-24-26-28-30-32-34-36-38-40-45(47)53-43(42-52-54(48,49)50)41-51-44(46)39-37-35-33-31-29-27-25-23-20-18-16-14-12-10-8-6-4-2/h11-14,17-20,22,24-25,27-28,30-31,33,43H,3-10,15-16,21,23,26,29,32,34-42H2,1-2H3,(H2,48,49,50)/b13-11+,14-12+,19-17+,20-18+,24-22+,27-25+,30-28+,33-31+/t43-/m1/s1. The first kappa shape index (κ1) is 51.0. The molecule has 0 fully saturated rings. The number of phosphoric ester groups is 1. The molecule has 0 aliphatic carbocycles. The van der Waals surface area contributed by atoms with E-state index < -0.39 is 32.5 Å². The van der Waals surface area contributed by atoms with Crippen LogP contribution in [0, 0.1) is 0 Å². The van der Waals surface area contributed by atoms with E-state index >= 15 is 0 Å². The van der Waals surface area contributed by atoms with Gasteiger partial charge in [0.15, 0.2) is 6.10 Å². The molecule has 1 atom stereocenters. The average molecular weight is 773 g/mol. The molecule has 0 aliphatic rings. The van der Waals surface area contributed by atoms with Crippen LogP contribution in [0.25, 0.3) is 0 Å². The monoisotopic (exact) mass is 773 g/mol. The lowest BCUT2D eigenvalue weighted by Gasteiger charge is -2.18. The van der Waals surface area contributed by atoms with Gasteiger partial charge in [0.2, 0.25) is 0 Å². The molecule has 0 saturated carbocycles. The second-order valence-corrected chi connectivity index (χ2v) is 14.5. The minimum atomic E-state index is -4.78. The van der Waals surface area contributed by atoms with Crippen molar-refractivity contribution < 1.29 is 37.9 Å². The average Bonchev–Trinajstić information content (AvgIpc) is 3.14. The van der Waals surface area contributed by atoms with E-state index in [1.54, 1.807) is 0 Å². The van der Waals surface area contributed by atoms with Gasteiger partial charge in [0.1, 0.15) is 6.61 Å². The van der Waals surface area contributed by atoms with Gasteiger partial charge in [0.05, 0.1) is 6.61 Å². The Morgan fingerprint density at radius 1 is 0.481 bits per heavy atom. The van der Waals surface area contributed by atoms with E-state index in [0.29, 0.717) is 12.8 Å². The molecule has 0 spiro atoms. The molecule has 0 aromatic carbocycles. The maximum absolute atomic E-state index is 12.4. The molecule has 0 unspecified atom stereocenters. The van der Waals surface area contributed by atoms with Crippen LogP contribution >= 0.6 is 7.82 Å². The minimum Gasteiger partial charge on any atom is -0.462 e. The van der Waals surface area contributed by atoms with Crippen molar-refractivity contribution in [2.75, 3.05) is 13.2 Å². The number of rotatable bonds is 36. The number of allylic oxidation sites excluding steroid dienone is 16. The number of carbonyl (C=O) groups is 2. The largest absolute Gasteiger partial charge is 0.469 e. The van der Waals surface area contributed by atoms with Crippen LogP contribution in [0.3, 0.4) is 0 Å². The summed E-state index contributed by atoms with van der Waals surface area (Å²) in [7, 11) is -4.78. The fraction of sp³-hybridized carbons (Fsp3) is 0.600. The number of hydrogen-bond donors (Lipinski definition) is 2. The first-order valence-corrected chi connectivity index (χ1v) is 22.1. The highest BCUT2D eigenvalue weighted by Crippen LogP contribution is 2.36. The molecular formula is C45H73O8P. The van der Waals surface area contributed by atoms with Crippen molar-refractivity contribution in [2.24, 2.45) is 0 Å². The second kappa shape index (κ2) is 39.7. The molecule has 2 N–H and O–H groups in total. The summed E-state index contributed by atoms with van der Waals surface area (Å²) >= 11 is 0. The molecule has 0 rings (SSSR count). The third-order valence-corrected chi connectivity index (χ3v) is 8.56. The van der Waals surface area contributed by atoms with E-state index in [1.807, 2.05) is 6.08 Å². The Morgan fingerprint density at radius 2 is 0.852 bits per heavy atom. The first-order chi connectivity index (χ1) is 26.3. The second-order valence-electron chi connectivity index (χ2n) is 13.2. The lowest BCUT2D eigenvalue weighted by Crippen LogP contribution is -2.29. The van der Waals surface area contributed by atoms with Crippen LogP contribution in [0.5, 0.6) is 0 Å². The number of carbonyl (C=O) groups excluding carboxylic acids is 2. The van der Waals surface area contributed by atoms with Gasteiger partial charge in [-0.15, -0.1) is 0 Å². The molecular weight excluding hydrogens is 699 g/mol. The number of esters is 2. The third kappa shape index (κ3) is 41.7. The first-order valence-electron chi connectivity index (χ1n) is 20.5. The quantitative estimate of drug-likeness (QED) is 0.0280. The Kier molecular flexibility index (Phi) is 37.4. The van der Waals surface area contributed by atoms with Gasteiger partial charge >= 0.3 is 19.8 Å². The maximum atomic E-state index is 12.4. The van der Waals surface area contributed by atoms with E-state index in [9.17, 15) is 14.2 Å². The fourth-order valence-corrected chi connectivity index (χ4v) is 5.35. The molecule has 0 amide bonds. The van der Waals surface area contributed by atoms with Gasteiger partial charge in [-0.1, -0.05) is 143 Å². The SMILES string of the molecule is CCCCC/C=C/C/C=C/C/C=C/C/C=C/CCCCCC(=O)O[C@H](COC(=O)CCC/C=C/C/C=C/C/C=C/C/C=C/CCCCC)COP(=O)(O)O. The molecule has 9 heteroatoms. The summed E-state index contributed by atoms with van der Waals surface area (Å²) in [6, 6.07) is 0. The number of phosphoric acid groups is 1. The Bertz CT molecular complexity index is 1190. The van der Waals surface area contributed by atoms with Crippen LogP contribution in [0.2, 0.25) is 0 Å². The Balaban J connectivity index is 4.13. The van der Waals surface area contributed by atoms with Gasteiger partial charge < -0.3 is 19.3 Å². The van der Waals surface area contributed by atoms with Crippen LogP contribution in [-0.2, 0) is 28.2 Å². The van der Waals surface area contributed by atoms with E-state index in [2.05, 4.69) is 110 Å². The molecule has 0 heterocycles. The zero-order valence-electron chi connectivity index (χ0n) is 33.6.